The third kappa shape index (κ3) is 2.33. The minimum absolute atomic E-state index is 0.189. The van der Waals surface area contributed by atoms with Crippen molar-refractivity contribution in [2.45, 2.75) is 0 Å². The molecular formula is C12H11FN2O2S. The Hall–Kier alpha value is -1.95. The van der Waals surface area contributed by atoms with Crippen LogP contribution in [0.25, 0.3) is 11.3 Å². The van der Waals surface area contributed by atoms with Crippen molar-refractivity contribution < 1.29 is 14.3 Å². The fraction of sp³-hybridized carbons (Fsp3) is 0.167. The van der Waals surface area contributed by atoms with Gasteiger partial charge in [0, 0.05) is 25.0 Å². The highest BCUT2D eigenvalue weighted by molar-refractivity contribution is 7.12. The Balaban J connectivity index is 2.35. The molecule has 2 aromatic rings. The molecule has 0 atom stereocenters. The monoisotopic (exact) mass is 266 g/mol. The zero-order chi connectivity index (χ0) is 13.3. The fourth-order valence-electron chi connectivity index (χ4n) is 1.36. The molecule has 1 aromatic heterocycles. The van der Waals surface area contributed by atoms with Gasteiger partial charge in [-0.1, -0.05) is 0 Å². The van der Waals surface area contributed by atoms with Crippen molar-refractivity contribution in [1.82, 2.24) is 9.88 Å². The number of hydrogen-bond donors (Lipinski definition) is 1. The first-order chi connectivity index (χ1) is 8.49. The standard InChI is InChI=1S/C12H11FN2O2S/c1-15(2)12(17)11-14-9(6-18-11)7-3-4-10(16)8(13)5-7/h3-6,16H,1-2H3. The van der Waals surface area contributed by atoms with Gasteiger partial charge in [-0.2, -0.15) is 0 Å². The number of benzene rings is 1. The summed E-state index contributed by atoms with van der Waals surface area (Å²) < 4.78 is 13.2. The highest BCUT2D eigenvalue weighted by Crippen LogP contribution is 2.26. The molecule has 2 rings (SSSR count). The first-order valence-corrected chi connectivity index (χ1v) is 6.03. The summed E-state index contributed by atoms with van der Waals surface area (Å²) in [6, 6.07) is 4.00. The van der Waals surface area contributed by atoms with E-state index >= 15 is 0 Å². The van der Waals surface area contributed by atoms with E-state index in [1.54, 1.807) is 25.5 Å². The van der Waals surface area contributed by atoms with Crippen LogP contribution >= 0.6 is 11.3 Å². The first kappa shape index (κ1) is 12.5. The van der Waals surface area contributed by atoms with Crippen LogP contribution in [0.3, 0.4) is 0 Å². The van der Waals surface area contributed by atoms with Crippen molar-refractivity contribution in [1.29, 1.82) is 0 Å². The Morgan fingerprint density at radius 1 is 1.44 bits per heavy atom. The smallest absolute Gasteiger partial charge is 0.282 e. The van der Waals surface area contributed by atoms with Crippen molar-refractivity contribution in [3.8, 4) is 17.0 Å². The summed E-state index contributed by atoms with van der Waals surface area (Å²) in [6.07, 6.45) is 0. The Morgan fingerprint density at radius 2 is 2.17 bits per heavy atom. The molecule has 18 heavy (non-hydrogen) atoms. The highest BCUT2D eigenvalue weighted by atomic mass is 32.1. The van der Waals surface area contributed by atoms with Gasteiger partial charge in [0.05, 0.1) is 5.69 Å². The van der Waals surface area contributed by atoms with Gasteiger partial charge < -0.3 is 10.0 Å². The van der Waals surface area contributed by atoms with E-state index in [1.807, 2.05) is 0 Å². The predicted octanol–water partition coefficient (Wildman–Crippen LogP) is 2.36. The van der Waals surface area contributed by atoms with E-state index in [1.165, 1.54) is 28.4 Å². The van der Waals surface area contributed by atoms with Gasteiger partial charge in [-0.15, -0.1) is 11.3 Å². The number of thiazole rings is 1. The van der Waals surface area contributed by atoms with E-state index in [4.69, 9.17) is 5.11 Å². The van der Waals surface area contributed by atoms with Crippen LogP contribution in [-0.2, 0) is 0 Å². The molecule has 0 aliphatic rings. The van der Waals surface area contributed by atoms with Crippen LogP contribution in [0.15, 0.2) is 23.6 Å². The van der Waals surface area contributed by atoms with E-state index in [2.05, 4.69) is 4.98 Å². The van der Waals surface area contributed by atoms with Crippen molar-refractivity contribution in [3.63, 3.8) is 0 Å². The topological polar surface area (TPSA) is 53.4 Å². The molecule has 6 heteroatoms. The van der Waals surface area contributed by atoms with E-state index < -0.39 is 11.6 Å². The molecule has 94 valence electrons. The number of halogens is 1. The molecule has 1 amide bonds. The summed E-state index contributed by atoms with van der Waals surface area (Å²) in [5.74, 6) is -1.30. The zero-order valence-electron chi connectivity index (χ0n) is 9.85. The Kier molecular flexibility index (Phi) is 3.29. The SMILES string of the molecule is CN(C)C(=O)c1nc(-c2ccc(O)c(F)c2)cs1. The lowest BCUT2D eigenvalue weighted by Crippen LogP contribution is -2.21. The quantitative estimate of drug-likeness (QED) is 0.907. The number of phenols is 1. The van der Waals surface area contributed by atoms with Gasteiger partial charge in [-0.3, -0.25) is 4.79 Å². The molecule has 0 saturated carbocycles. The van der Waals surface area contributed by atoms with Crippen molar-refractivity contribution in [2.75, 3.05) is 14.1 Å². The van der Waals surface area contributed by atoms with Crippen LogP contribution in [0.4, 0.5) is 4.39 Å². The summed E-state index contributed by atoms with van der Waals surface area (Å²) in [4.78, 5) is 17.3. The maximum Gasteiger partial charge on any atom is 0.282 e. The second-order valence-corrected chi connectivity index (χ2v) is 4.76. The molecule has 0 bridgehead atoms. The molecule has 0 unspecified atom stereocenters. The number of amides is 1. The number of carbonyl (C=O) groups is 1. The van der Waals surface area contributed by atoms with Gasteiger partial charge in [-0.25, -0.2) is 9.37 Å². The normalized spacial score (nSPS) is 10.4. The summed E-state index contributed by atoms with van der Waals surface area (Å²) >= 11 is 1.20. The van der Waals surface area contributed by atoms with Gasteiger partial charge in [0.1, 0.15) is 0 Å². The number of carbonyl (C=O) groups excluding carboxylic acids is 1. The van der Waals surface area contributed by atoms with Crippen molar-refractivity contribution >= 4 is 17.2 Å². The number of rotatable bonds is 2. The van der Waals surface area contributed by atoms with Crippen molar-refractivity contribution in [3.05, 3.63) is 34.4 Å². The van der Waals surface area contributed by atoms with Crippen LogP contribution < -0.4 is 0 Å². The number of nitrogens with zero attached hydrogens (tertiary/aromatic N) is 2. The van der Waals surface area contributed by atoms with E-state index in [0.717, 1.165) is 0 Å². The fourth-order valence-corrected chi connectivity index (χ4v) is 2.21. The molecule has 0 spiro atoms. The maximum absolute atomic E-state index is 13.2. The lowest BCUT2D eigenvalue weighted by atomic mass is 10.1. The largest absolute Gasteiger partial charge is 0.505 e. The second kappa shape index (κ2) is 4.73. The zero-order valence-corrected chi connectivity index (χ0v) is 10.7. The molecule has 0 aliphatic heterocycles. The number of aromatic hydroxyl groups is 1. The number of aromatic nitrogens is 1. The average Bonchev–Trinajstić information content (AvgIpc) is 2.81. The van der Waals surface area contributed by atoms with Gasteiger partial charge in [0.25, 0.3) is 5.91 Å². The molecular weight excluding hydrogens is 255 g/mol. The molecule has 0 saturated heterocycles. The van der Waals surface area contributed by atoms with Gasteiger partial charge in [-0.05, 0) is 18.2 Å². The van der Waals surface area contributed by atoms with Gasteiger partial charge in [0.15, 0.2) is 16.6 Å². The Bertz CT molecular complexity index is 596. The summed E-state index contributed by atoms with van der Waals surface area (Å²) in [5, 5.41) is 11.1. The average molecular weight is 266 g/mol. The van der Waals surface area contributed by atoms with Crippen LogP contribution in [0.2, 0.25) is 0 Å². The van der Waals surface area contributed by atoms with Gasteiger partial charge >= 0.3 is 0 Å². The van der Waals surface area contributed by atoms with Crippen molar-refractivity contribution in [2.24, 2.45) is 0 Å². The molecule has 1 heterocycles. The van der Waals surface area contributed by atoms with E-state index in [0.29, 0.717) is 16.3 Å². The first-order valence-electron chi connectivity index (χ1n) is 5.15. The summed E-state index contributed by atoms with van der Waals surface area (Å²) in [5.41, 5.74) is 1.04. The van der Waals surface area contributed by atoms with Crippen LogP contribution in [0, 0.1) is 5.82 Å². The third-order valence-corrected chi connectivity index (χ3v) is 3.17. The third-order valence-electron chi connectivity index (χ3n) is 2.34. The Morgan fingerprint density at radius 3 is 2.78 bits per heavy atom. The van der Waals surface area contributed by atoms with Crippen LogP contribution in [0.5, 0.6) is 5.75 Å². The minimum Gasteiger partial charge on any atom is -0.505 e. The maximum atomic E-state index is 13.2. The lowest BCUT2D eigenvalue weighted by Gasteiger charge is -2.06. The van der Waals surface area contributed by atoms with E-state index in [-0.39, 0.29) is 5.91 Å². The molecule has 1 N–H and O–H groups in total. The Labute approximate surface area is 107 Å². The van der Waals surface area contributed by atoms with Crippen LogP contribution in [-0.4, -0.2) is 35.0 Å². The summed E-state index contributed by atoms with van der Waals surface area (Å²) in [6.45, 7) is 0. The minimum atomic E-state index is -0.707. The molecule has 1 aromatic carbocycles. The molecule has 0 fully saturated rings. The van der Waals surface area contributed by atoms with E-state index in [9.17, 15) is 9.18 Å². The molecule has 0 aliphatic carbocycles. The van der Waals surface area contributed by atoms with Crippen LogP contribution in [0.1, 0.15) is 9.80 Å². The van der Waals surface area contributed by atoms with Gasteiger partial charge in [0.2, 0.25) is 0 Å². The molecule has 0 radical (unpaired) electrons. The number of hydrogen-bond acceptors (Lipinski definition) is 4. The summed E-state index contributed by atoms with van der Waals surface area (Å²) in [7, 11) is 3.28. The second-order valence-electron chi connectivity index (χ2n) is 3.90. The predicted molar refractivity (Wildman–Crippen MR) is 67.2 cm³/mol. The highest BCUT2D eigenvalue weighted by Gasteiger charge is 2.14. The lowest BCUT2D eigenvalue weighted by molar-refractivity contribution is 0.0827. The molecule has 4 nitrogen and oxygen atoms in total. The number of phenolic OH excluding ortho intramolecular Hbond substituents is 1.